The topological polar surface area (TPSA) is 114 Å². The second-order valence-electron chi connectivity index (χ2n) is 6.09. The Balaban J connectivity index is 1.94. The predicted molar refractivity (Wildman–Crippen MR) is 98.5 cm³/mol. The quantitative estimate of drug-likeness (QED) is 0.779. The fourth-order valence-corrected chi connectivity index (χ4v) is 3.98. The lowest BCUT2D eigenvalue weighted by molar-refractivity contribution is 0.0756. The minimum Gasteiger partial charge on any atom is -0.351 e. The van der Waals surface area contributed by atoms with Crippen LogP contribution in [0.15, 0.2) is 30.6 Å². The lowest BCUT2D eigenvalue weighted by Crippen LogP contribution is -2.39. The van der Waals surface area contributed by atoms with Crippen LogP contribution in [-0.2, 0) is 0 Å². The summed E-state index contributed by atoms with van der Waals surface area (Å²) in [6.45, 7) is 1.19. The maximum absolute atomic E-state index is 13.0. The van der Waals surface area contributed by atoms with Gasteiger partial charge < -0.3 is 16.4 Å². The zero-order chi connectivity index (χ0) is 17.8. The van der Waals surface area contributed by atoms with Crippen LogP contribution < -0.4 is 16.8 Å². The van der Waals surface area contributed by atoms with Crippen molar-refractivity contribution in [2.45, 2.75) is 25.3 Å². The number of urea groups is 1. The number of pyridine rings is 1. The molecule has 0 saturated carbocycles. The molecule has 2 aromatic rings. The Labute approximate surface area is 150 Å². The molecular weight excluding hydrogens is 338 g/mol. The number of carbonyl (C=O) groups is 2. The van der Waals surface area contributed by atoms with E-state index in [0.717, 1.165) is 29.7 Å². The van der Waals surface area contributed by atoms with Gasteiger partial charge in [0.1, 0.15) is 5.00 Å². The Kier molecular flexibility index (Phi) is 5.30. The molecule has 1 fully saturated rings. The average molecular weight is 359 g/mol. The Morgan fingerprint density at radius 1 is 1.36 bits per heavy atom. The molecular formula is C17H21N5O2S. The largest absolute Gasteiger partial charge is 0.351 e. The van der Waals surface area contributed by atoms with Crippen LogP contribution in [0.4, 0.5) is 9.80 Å². The number of carbonyl (C=O) groups excluding carboxylic acids is 2. The van der Waals surface area contributed by atoms with Gasteiger partial charge in [0.25, 0.3) is 5.91 Å². The molecule has 0 spiro atoms. The number of nitrogens with two attached hydrogens (primary N) is 2. The summed E-state index contributed by atoms with van der Waals surface area (Å²) in [6.07, 6.45) is 6.26. The van der Waals surface area contributed by atoms with Crippen molar-refractivity contribution < 1.29 is 9.59 Å². The summed E-state index contributed by atoms with van der Waals surface area (Å²) in [5.74, 6) is -0.132. The molecule has 3 rings (SSSR count). The molecule has 8 heteroatoms. The molecule has 3 heterocycles. The third-order valence-electron chi connectivity index (χ3n) is 4.14. The van der Waals surface area contributed by atoms with Gasteiger partial charge in [-0.05, 0) is 25.0 Å². The molecule has 0 aromatic carbocycles. The van der Waals surface area contributed by atoms with E-state index in [0.29, 0.717) is 23.7 Å². The lowest BCUT2D eigenvalue weighted by Gasteiger charge is -2.22. The third kappa shape index (κ3) is 4.15. The Bertz CT molecular complexity index is 762. The zero-order valence-corrected chi connectivity index (χ0v) is 14.6. The molecule has 3 amide bonds. The van der Waals surface area contributed by atoms with Crippen molar-refractivity contribution in [3.8, 4) is 10.4 Å². The maximum Gasteiger partial charge on any atom is 0.317 e. The number of thiophene rings is 1. The van der Waals surface area contributed by atoms with Crippen LogP contribution in [0.25, 0.3) is 10.4 Å². The summed E-state index contributed by atoms with van der Waals surface area (Å²) in [6, 6.07) is 4.80. The second-order valence-corrected chi connectivity index (χ2v) is 7.14. The lowest BCUT2D eigenvalue weighted by atomic mass is 10.1. The maximum atomic E-state index is 13.0. The predicted octanol–water partition coefficient (Wildman–Crippen LogP) is 2.25. The van der Waals surface area contributed by atoms with Gasteiger partial charge in [0, 0.05) is 42.0 Å². The van der Waals surface area contributed by atoms with E-state index in [1.807, 2.05) is 12.1 Å². The number of hydrogen-bond donors (Lipinski definition) is 3. The van der Waals surface area contributed by atoms with Gasteiger partial charge in [-0.15, -0.1) is 11.3 Å². The van der Waals surface area contributed by atoms with Crippen molar-refractivity contribution in [1.29, 1.82) is 0 Å². The van der Waals surface area contributed by atoms with E-state index in [-0.39, 0.29) is 11.9 Å². The molecule has 0 aliphatic carbocycles. The highest BCUT2D eigenvalue weighted by Crippen LogP contribution is 2.36. The van der Waals surface area contributed by atoms with E-state index in [2.05, 4.69) is 10.3 Å². The molecule has 25 heavy (non-hydrogen) atoms. The fraction of sp³-hybridized carbons (Fsp3) is 0.353. The third-order valence-corrected chi connectivity index (χ3v) is 5.24. The number of nitrogens with one attached hydrogen (secondary N) is 1. The molecule has 1 saturated heterocycles. The molecule has 1 aliphatic rings. The first-order chi connectivity index (χ1) is 12.0. The summed E-state index contributed by atoms with van der Waals surface area (Å²) in [4.78, 5) is 31.1. The first-order valence-corrected chi connectivity index (χ1v) is 9.02. The van der Waals surface area contributed by atoms with Gasteiger partial charge in [0.15, 0.2) is 0 Å². The normalized spacial score (nSPS) is 17.8. The average Bonchev–Trinajstić information content (AvgIpc) is 2.87. The summed E-state index contributed by atoms with van der Waals surface area (Å²) < 4.78 is 0. The monoisotopic (exact) mass is 359 g/mol. The fourth-order valence-electron chi connectivity index (χ4n) is 2.94. The van der Waals surface area contributed by atoms with Crippen molar-refractivity contribution >= 4 is 28.3 Å². The van der Waals surface area contributed by atoms with E-state index < -0.39 is 6.03 Å². The number of primary amides is 1. The van der Waals surface area contributed by atoms with Gasteiger partial charge in [-0.25, -0.2) is 4.79 Å². The molecule has 1 aliphatic heterocycles. The number of hydrogen-bond acceptors (Lipinski definition) is 5. The zero-order valence-electron chi connectivity index (χ0n) is 13.8. The van der Waals surface area contributed by atoms with Crippen LogP contribution in [0, 0.1) is 0 Å². The standard InChI is InChI=1S/C17H21N5O2S/c18-12-5-1-2-7-22(10-12)16(23)13-8-14(11-4-3-6-20-9-11)25-15(13)21-17(19)24/h3-4,6,8-9,12H,1-2,5,7,10,18H2,(H3,19,21,24)/t12-/m0/s1. The number of rotatable bonds is 3. The highest BCUT2D eigenvalue weighted by atomic mass is 32.1. The van der Waals surface area contributed by atoms with Gasteiger partial charge in [-0.1, -0.05) is 12.5 Å². The van der Waals surface area contributed by atoms with Crippen molar-refractivity contribution in [1.82, 2.24) is 9.88 Å². The number of aromatic nitrogens is 1. The highest BCUT2D eigenvalue weighted by Gasteiger charge is 2.25. The molecule has 2 aromatic heterocycles. The van der Waals surface area contributed by atoms with Crippen LogP contribution in [0.5, 0.6) is 0 Å². The van der Waals surface area contributed by atoms with Crippen molar-refractivity contribution in [2.24, 2.45) is 11.5 Å². The molecule has 0 radical (unpaired) electrons. The van der Waals surface area contributed by atoms with Crippen LogP contribution in [0.3, 0.4) is 0 Å². The Hall–Kier alpha value is -2.45. The molecule has 1 atom stereocenters. The van der Waals surface area contributed by atoms with Crippen LogP contribution in [0.1, 0.15) is 29.6 Å². The van der Waals surface area contributed by atoms with E-state index in [1.54, 1.807) is 23.4 Å². The van der Waals surface area contributed by atoms with Crippen molar-refractivity contribution in [3.05, 3.63) is 36.2 Å². The minimum atomic E-state index is -0.693. The van der Waals surface area contributed by atoms with E-state index >= 15 is 0 Å². The van der Waals surface area contributed by atoms with Gasteiger partial charge in [-0.2, -0.15) is 0 Å². The number of likely N-dealkylation sites (tertiary alicyclic amines) is 1. The van der Waals surface area contributed by atoms with Crippen LogP contribution in [-0.4, -0.2) is 41.0 Å². The van der Waals surface area contributed by atoms with Crippen LogP contribution in [0.2, 0.25) is 0 Å². The Morgan fingerprint density at radius 2 is 2.20 bits per heavy atom. The van der Waals surface area contributed by atoms with Crippen molar-refractivity contribution in [3.63, 3.8) is 0 Å². The molecule has 0 bridgehead atoms. The smallest absolute Gasteiger partial charge is 0.317 e. The van der Waals surface area contributed by atoms with E-state index in [1.165, 1.54) is 11.3 Å². The molecule has 5 N–H and O–H groups in total. The van der Waals surface area contributed by atoms with Crippen molar-refractivity contribution in [2.75, 3.05) is 18.4 Å². The van der Waals surface area contributed by atoms with Gasteiger partial charge >= 0.3 is 6.03 Å². The summed E-state index contributed by atoms with van der Waals surface area (Å²) in [5, 5.41) is 3.02. The Morgan fingerprint density at radius 3 is 2.92 bits per heavy atom. The number of nitrogens with zero attached hydrogens (tertiary/aromatic N) is 2. The highest BCUT2D eigenvalue weighted by molar-refractivity contribution is 7.20. The SMILES string of the molecule is NC(=O)Nc1sc(-c2cccnc2)cc1C(=O)N1CCCC[C@H](N)C1. The summed E-state index contributed by atoms with van der Waals surface area (Å²) in [7, 11) is 0. The molecule has 0 unspecified atom stereocenters. The van der Waals surface area contributed by atoms with Gasteiger partial charge in [0.2, 0.25) is 0 Å². The summed E-state index contributed by atoms with van der Waals surface area (Å²) in [5.41, 5.74) is 12.7. The first kappa shape index (κ1) is 17.4. The van der Waals surface area contributed by atoms with E-state index in [4.69, 9.17) is 11.5 Å². The number of amides is 3. The number of anilines is 1. The van der Waals surface area contributed by atoms with E-state index in [9.17, 15) is 9.59 Å². The molecule has 132 valence electrons. The second kappa shape index (κ2) is 7.62. The van der Waals surface area contributed by atoms with Crippen LogP contribution >= 0.6 is 11.3 Å². The molecule has 7 nitrogen and oxygen atoms in total. The first-order valence-electron chi connectivity index (χ1n) is 8.20. The van der Waals surface area contributed by atoms with Gasteiger partial charge in [0.05, 0.1) is 5.56 Å². The summed E-state index contributed by atoms with van der Waals surface area (Å²) >= 11 is 1.31. The van der Waals surface area contributed by atoms with Gasteiger partial charge in [-0.3, -0.25) is 15.1 Å². The minimum absolute atomic E-state index is 0.0181.